The molecular weight excluding hydrogens is 443 g/mol. The van der Waals surface area contributed by atoms with Crippen molar-refractivity contribution >= 4 is 39.2 Å². The Hall–Kier alpha value is -4.04. The quantitative estimate of drug-likeness (QED) is 0.418. The molecule has 7 nitrogen and oxygen atoms in total. The Morgan fingerprint density at radius 2 is 1.97 bits per heavy atom. The van der Waals surface area contributed by atoms with Crippen molar-refractivity contribution in [3.63, 3.8) is 0 Å². The van der Waals surface area contributed by atoms with Crippen molar-refractivity contribution in [1.29, 1.82) is 0 Å². The molecule has 1 N–H and O–H groups in total. The molecule has 0 saturated heterocycles. The maximum Gasteiger partial charge on any atom is 0.261 e. The van der Waals surface area contributed by atoms with Crippen molar-refractivity contribution in [2.45, 2.75) is 13.0 Å². The van der Waals surface area contributed by atoms with Gasteiger partial charge >= 0.3 is 0 Å². The van der Waals surface area contributed by atoms with E-state index in [0.717, 1.165) is 16.5 Å². The monoisotopic (exact) mass is 458 g/mol. The molecule has 6 aromatic rings. The van der Waals surface area contributed by atoms with Crippen LogP contribution in [0.15, 0.2) is 71.9 Å². The molecule has 0 aliphatic rings. The maximum atomic E-state index is 13.7. The first kappa shape index (κ1) is 19.6. The van der Waals surface area contributed by atoms with E-state index in [1.165, 1.54) is 18.3 Å². The van der Waals surface area contributed by atoms with Crippen molar-refractivity contribution in [2.24, 2.45) is 0 Å². The zero-order valence-electron chi connectivity index (χ0n) is 17.2. The highest BCUT2D eigenvalue weighted by atomic mass is 35.5. The van der Waals surface area contributed by atoms with Gasteiger partial charge in [0.1, 0.15) is 5.82 Å². The van der Waals surface area contributed by atoms with Crippen LogP contribution in [0.1, 0.15) is 5.56 Å². The molecule has 0 saturated carbocycles. The number of H-pyrrole nitrogens is 1. The molecule has 9 heteroatoms. The van der Waals surface area contributed by atoms with Crippen LogP contribution in [0.3, 0.4) is 0 Å². The minimum absolute atomic E-state index is 0.178. The SMILES string of the molecule is O=c1c2cnc3nc(-c4ccccc4Cl)nn3c2ccn1CCc1c[nH]c2ccc(F)cc12. The van der Waals surface area contributed by atoms with Gasteiger partial charge in [-0.1, -0.05) is 23.7 Å². The van der Waals surface area contributed by atoms with E-state index < -0.39 is 0 Å². The van der Waals surface area contributed by atoms with Crippen molar-refractivity contribution in [2.75, 3.05) is 0 Å². The highest BCUT2D eigenvalue weighted by Gasteiger charge is 2.14. The Bertz CT molecular complexity index is 1730. The first-order chi connectivity index (χ1) is 16.1. The predicted octanol–water partition coefficient (Wildman–Crippen LogP) is 4.62. The number of nitrogens with one attached hydrogen (secondary N) is 1. The van der Waals surface area contributed by atoms with Crippen LogP contribution in [0.5, 0.6) is 0 Å². The Balaban J connectivity index is 1.38. The lowest BCUT2D eigenvalue weighted by Gasteiger charge is -2.07. The fourth-order valence-corrected chi connectivity index (χ4v) is 4.31. The van der Waals surface area contributed by atoms with Gasteiger partial charge in [0.2, 0.25) is 0 Å². The van der Waals surface area contributed by atoms with E-state index in [2.05, 4.69) is 20.1 Å². The van der Waals surface area contributed by atoms with Gasteiger partial charge in [-0.25, -0.2) is 9.37 Å². The summed E-state index contributed by atoms with van der Waals surface area (Å²) in [6, 6.07) is 13.8. The third-order valence-electron chi connectivity index (χ3n) is 5.77. The van der Waals surface area contributed by atoms with E-state index in [4.69, 9.17) is 11.6 Å². The molecule has 0 aliphatic heterocycles. The number of aromatic amines is 1. The molecular formula is C24H16ClFN6O. The van der Waals surface area contributed by atoms with Crippen LogP contribution in [0.4, 0.5) is 4.39 Å². The van der Waals surface area contributed by atoms with Crippen LogP contribution in [0, 0.1) is 5.82 Å². The average molecular weight is 459 g/mol. The minimum Gasteiger partial charge on any atom is -0.361 e. The molecule has 0 amide bonds. The second-order valence-corrected chi connectivity index (χ2v) is 8.16. The summed E-state index contributed by atoms with van der Waals surface area (Å²) < 4.78 is 16.8. The molecule has 2 aromatic carbocycles. The summed E-state index contributed by atoms with van der Waals surface area (Å²) >= 11 is 6.29. The molecule has 0 unspecified atom stereocenters. The second kappa shape index (κ2) is 7.53. The van der Waals surface area contributed by atoms with Gasteiger partial charge in [-0.05, 0) is 48.4 Å². The average Bonchev–Trinajstić information content (AvgIpc) is 3.43. The molecule has 0 radical (unpaired) electrons. The van der Waals surface area contributed by atoms with E-state index in [1.54, 1.807) is 27.4 Å². The molecule has 0 aliphatic carbocycles. The normalized spacial score (nSPS) is 11.7. The largest absolute Gasteiger partial charge is 0.361 e. The molecule has 33 heavy (non-hydrogen) atoms. The highest BCUT2D eigenvalue weighted by Crippen LogP contribution is 2.25. The number of aryl methyl sites for hydroxylation is 2. The van der Waals surface area contributed by atoms with Crippen LogP contribution in [-0.2, 0) is 13.0 Å². The fraction of sp³-hybridized carbons (Fsp3) is 0.0833. The van der Waals surface area contributed by atoms with Gasteiger partial charge in [-0.3, -0.25) is 4.79 Å². The first-order valence-electron chi connectivity index (χ1n) is 10.3. The lowest BCUT2D eigenvalue weighted by molar-refractivity contribution is 0.629. The summed E-state index contributed by atoms with van der Waals surface area (Å²) in [4.78, 5) is 25.1. The van der Waals surface area contributed by atoms with Crippen molar-refractivity contribution < 1.29 is 4.39 Å². The summed E-state index contributed by atoms with van der Waals surface area (Å²) in [7, 11) is 0. The molecule has 4 aromatic heterocycles. The van der Waals surface area contributed by atoms with Crippen molar-refractivity contribution in [3.05, 3.63) is 93.9 Å². The summed E-state index contributed by atoms with van der Waals surface area (Å²) in [5.41, 5.74) is 2.94. The van der Waals surface area contributed by atoms with Gasteiger partial charge < -0.3 is 9.55 Å². The van der Waals surface area contributed by atoms with Gasteiger partial charge in [0.25, 0.3) is 11.3 Å². The van der Waals surface area contributed by atoms with Gasteiger partial charge in [0.15, 0.2) is 5.82 Å². The maximum absolute atomic E-state index is 13.7. The van der Waals surface area contributed by atoms with E-state index in [-0.39, 0.29) is 11.4 Å². The Kier molecular flexibility index (Phi) is 4.48. The standard InChI is InChI=1S/C24H16ClFN6O/c25-19-4-2-1-3-16(19)22-29-24-28-13-18-21(32(24)30-22)8-10-31(23(18)33)9-7-14-12-27-20-6-5-15(26)11-17(14)20/h1-6,8,10-13,27H,7,9H2. The summed E-state index contributed by atoms with van der Waals surface area (Å²) in [6.07, 6.45) is 5.68. The number of halogens is 2. The van der Waals surface area contributed by atoms with Gasteiger partial charge in [0.05, 0.1) is 15.9 Å². The van der Waals surface area contributed by atoms with Crippen LogP contribution in [-0.4, -0.2) is 29.1 Å². The number of aromatic nitrogens is 6. The van der Waals surface area contributed by atoms with Crippen LogP contribution in [0.2, 0.25) is 5.02 Å². The van der Waals surface area contributed by atoms with Crippen LogP contribution < -0.4 is 5.56 Å². The molecule has 0 fully saturated rings. The Morgan fingerprint density at radius 1 is 1.09 bits per heavy atom. The van der Waals surface area contributed by atoms with Gasteiger partial charge in [-0.15, -0.1) is 5.10 Å². The number of nitrogens with zero attached hydrogens (tertiary/aromatic N) is 5. The van der Waals surface area contributed by atoms with Crippen LogP contribution in [0.25, 0.3) is 39.0 Å². The number of hydrogen-bond donors (Lipinski definition) is 1. The van der Waals surface area contributed by atoms with Crippen molar-refractivity contribution in [3.8, 4) is 11.4 Å². The van der Waals surface area contributed by atoms with E-state index in [0.29, 0.717) is 46.1 Å². The third-order valence-corrected chi connectivity index (χ3v) is 6.10. The summed E-state index contributed by atoms with van der Waals surface area (Å²) in [5.74, 6) is 0.539. The molecule has 162 valence electrons. The number of rotatable bonds is 4. The summed E-state index contributed by atoms with van der Waals surface area (Å²) in [5, 5.41) is 6.34. The Labute approximate surface area is 191 Å². The molecule has 0 spiro atoms. The minimum atomic E-state index is -0.287. The fourth-order valence-electron chi connectivity index (χ4n) is 4.09. The lowest BCUT2D eigenvalue weighted by Crippen LogP contribution is -2.21. The van der Waals surface area contributed by atoms with Gasteiger partial charge in [-0.2, -0.15) is 9.50 Å². The predicted molar refractivity (Wildman–Crippen MR) is 125 cm³/mol. The lowest BCUT2D eigenvalue weighted by atomic mass is 10.1. The third kappa shape index (κ3) is 3.27. The number of pyridine rings is 1. The zero-order valence-corrected chi connectivity index (χ0v) is 17.9. The molecule has 0 atom stereocenters. The number of hydrogen-bond acceptors (Lipinski definition) is 4. The first-order valence-corrected chi connectivity index (χ1v) is 10.7. The highest BCUT2D eigenvalue weighted by molar-refractivity contribution is 6.33. The van der Waals surface area contributed by atoms with E-state index in [1.807, 2.05) is 30.5 Å². The topological polar surface area (TPSA) is 80.9 Å². The van der Waals surface area contributed by atoms with Gasteiger partial charge in [0, 0.05) is 41.6 Å². The van der Waals surface area contributed by atoms with Crippen LogP contribution >= 0.6 is 11.6 Å². The molecule has 6 rings (SSSR count). The van der Waals surface area contributed by atoms with E-state index in [9.17, 15) is 9.18 Å². The van der Waals surface area contributed by atoms with Crippen molar-refractivity contribution in [1.82, 2.24) is 29.1 Å². The smallest absolute Gasteiger partial charge is 0.261 e. The number of fused-ring (bicyclic) bond motifs is 4. The summed E-state index contributed by atoms with van der Waals surface area (Å²) in [6.45, 7) is 0.443. The molecule has 4 heterocycles. The Morgan fingerprint density at radius 3 is 2.85 bits per heavy atom. The number of benzene rings is 2. The second-order valence-electron chi connectivity index (χ2n) is 7.75. The molecule has 0 bridgehead atoms. The van der Waals surface area contributed by atoms with E-state index >= 15 is 0 Å². The zero-order chi connectivity index (χ0) is 22.5.